The first-order chi connectivity index (χ1) is 17.0. The van der Waals surface area contributed by atoms with Crippen LogP contribution in [0.5, 0.6) is 0 Å². The highest BCUT2D eigenvalue weighted by molar-refractivity contribution is 6.10. The molecule has 0 spiro atoms. The summed E-state index contributed by atoms with van der Waals surface area (Å²) in [5, 5.41) is 0. The van der Waals surface area contributed by atoms with E-state index in [2.05, 4.69) is 4.98 Å². The zero-order valence-corrected chi connectivity index (χ0v) is 20.2. The molecule has 2 aromatic rings. The Labute approximate surface area is 206 Å². The van der Waals surface area contributed by atoms with E-state index in [9.17, 15) is 14.4 Å². The zero-order chi connectivity index (χ0) is 24.3. The van der Waals surface area contributed by atoms with E-state index in [0.717, 1.165) is 37.9 Å². The lowest BCUT2D eigenvalue weighted by Gasteiger charge is -2.36. The van der Waals surface area contributed by atoms with Crippen LogP contribution in [0.2, 0.25) is 0 Å². The summed E-state index contributed by atoms with van der Waals surface area (Å²) < 4.78 is 7.68. The molecule has 0 unspecified atom stereocenters. The minimum Gasteiger partial charge on any atom is -0.376 e. The van der Waals surface area contributed by atoms with Crippen molar-refractivity contribution in [2.24, 2.45) is 5.92 Å². The summed E-state index contributed by atoms with van der Waals surface area (Å²) in [4.78, 5) is 48.1. The predicted molar refractivity (Wildman–Crippen MR) is 129 cm³/mol. The second-order valence-electron chi connectivity index (χ2n) is 10.2. The lowest BCUT2D eigenvalue weighted by atomic mass is 9.75. The van der Waals surface area contributed by atoms with Crippen LogP contribution < -0.4 is 0 Å². The maximum absolute atomic E-state index is 13.9. The molecule has 0 bridgehead atoms. The van der Waals surface area contributed by atoms with Crippen LogP contribution in [0.25, 0.3) is 0 Å². The molecule has 3 heterocycles. The molecule has 1 aliphatic carbocycles. The van der Waals surface area contributed by atoms with E-state index in [1.54, 1.807) is 12.5 Å². The number of imidazole rings is 1. The average Bonchev–Trinajstić information content (AvgIpc) is 3.58. The minimum absolute atomic E-state index is 0.00258. The molecule has 1 saturated carbocycles. The van der Waals surface area contributed by atoms with Crippen molar-refractivity contribution >= 4 is 17.7 Å². The summed E-state index contributed by atoms with van der Waals surface area (Å²) in [6, 6.07) is 9.36. The number of amides is 3. The smallest absolute Gasteiger partial charge is 0.240 e. The quantitative estimate of drug-likeness (QED) is 0.491. The van der Waals surface area contributed by atoms with Gasteiger partial charge in [0.15, 0.2) is 0 Å². The number of hydrogen-bond acceptors (Lipinski definition) is 5. The fourth-order valence-electron chi connectivity index (χ4n) is 5.55. The maximum Gasteiger partial charge on any atom is 0.240 e. The van der Waals surface area contributed by atoms with Gasteiger partial charge in [0.05, 0.1) is 17.8 Å². The molecular formula is C27H34N4O4. The molecule has 2 aliphatic heterocycles. The summed E-state index contributed by atoms with van der Waals surface area (Å²) in [6.07, 6.45) is 10.7. The number of rotatable bonds is 10. The summed E-state index contributed by atoms with van der Waals surface area (Å²) in [5.74, 6) is -0.0474. The molecule has 1 aromatic heterocycles. The predicted octanol–water partition coefficient (Wildman–Crippen LogP) is 2.78. The molecule has 0 N–H and O–H groups in total. The topological polar surface area (TPSA) is 84.7 Å². The monoisotopic (exact) mass is 478 g/mol. The molecular weight excluding hydrogens is 444 g/mol. The first-order valence-corrected chi connectivity index (χ1v) is 12.8. The van der Waals surface area contributed by atoms with Crippen LogP contribution in [0.4, 0.5) is 0 Å². The van der Waals surface area contributed by atoms with Crippen LogP contribution in [-0.2, 0) is 31.1 Å². The normalized spacial score (nSPS) is 24.7. The molecule has 5 rings (SSSR count). The van der Waals surface area contributed by atoms with Gasteiger partial charge in [-0.3, -0.25) is 19.3 Å². The number of carbonyl (C=O) groups excluding carboxylic acids is 3. The third kappa shape index (κ3) is 5.03. The Morgan fingerprint density at radius 1 is 1.09 bits per heavy atom. The second-order valence-corrected chi connectivity index (χ2v) is 10.2. The summed E-state index contributed by atoms with van der Waals surface area (Å²) in [6.45, 7) is 2.74. The number of ether oxygens (including phenoxy) is 1. The summed E-state index contributed by atoms with van der Waals surface area (Å²) >= 11 is 0. The van der Waals surface area contributed by atoms with Crippen molar-refractivity contribution in [1.29, 1.82) is 0 Å². The molecule has 2 saturated heterocycles. The van der Waals surface area contributed by atoms with Crippen LogP contribution in [0.3, 0.4) is 0 Å². The van der Waals surface area contributed by atoms with Crippen molar-refractivity contribution < 1.29 is 19.1 Å². The fourth-order valence-corrected chi connectivity index (χ4v) is 5.55. The van der Waals surface area contributed by atoms with E-state index in [1.165, 1.54) is 11.3 Å². The molecule has 3 aliphatic rings. The van der Waals surface area contributed by atoms with Gasteiger partial charge in [-0.25, -0.2) is 4.98 Å². The van der Waals surface area contributed by atoms with Crippen LogP contribution in [0, 0.1) is 5.92 Å². The number of benzene rings is 1. The Morgan fingerprint density at radius 3 is 2.57 bits per heavy atom. The van der Waals surface area contributed by atoms with Crippen LogP contribution in [-0.4, -0.2) is 69.4 Å². The third-order valence-corrected chi connectivity index (χ3v) is 7.83. The van der Waals surface area contributed by atoms with E-state index in [0.29, 0.717) is 25.6 Å². The number of likely N-dealkylation sites (tertiary alicyclic amines) is 1. The Hall–Kier alpha value is -3.00. The third-order valence-electron chi connectivity index (χ3n) is 7.83. The van der Waals surface area contributed by atoms with E-state index < -0.39 is 5.41 Å². The van der Waals surface area contributed by atoms with Crippen molar-refractivity contribution in [2.75, 3.05) is 26.2 Å². The number of nitrogens with zero attached hydrogens (tertiary/aromatic N) is 4. The van der Waals surface area contributed by atoms with Gasteiger partial charge in [0.25, 0.3) is 0 Å². The van der Waals surface area contributed by atoms with Gasteiger partial charge in [-0.2, -0.15) is 0 Å². The average molecular weight is 479 g/mol. The van der Waals surface area contributed by atoms with E-state index in [-0.39, 0.29) is 43.2 Å². The Kier molecular flexibility index (Phi) is 7.00. The lowest BCUT2D eigenvalue weighted by Crippen LogP contribution is -2.47. The summed E-state index contributed by atoms with van der Waals surface area (Å²) in [5.41, 5.74) is -0.434. The molecule has 186 valence electrons. The van der Waals surface area contributed by atoms with E-state index in [1.807, 2.05) is 46.0 Å². The highest BCUT2D eigenvalue weighted by Crippen LogP contribution is 2.40. The number of carbonyl (C=O) groups is 3. The Morgan fingerprint density at radius 2 is 1.91 bits per heavy atom. The fraction of sp³-hybridized carbons (Fsp3) is 0.556. The van der Waals surface area contributed by atoms with Crippen LogP contribution >= 0.6 is 0 Å². The first kappa shape index (κ1) is 23.7. The molecule has 35 heavy (non-hydrogen) atoms. The second kappa shape index (κ2) is 10.3. The van der Waals surface area contributed by atoms with Crippen molar-refractivity contribution in [2.45, 2.75) is 63.0 Å². The molecule has 0 radical (unpaired) electrons. The largest absolute Gasteiger partial charge is 0.376 e. The van der Waals surface area contributed by atoms with Crippen molar-refractivity contribution in [3.63, 3.8) is 0 Å². The molecule has 3 amide bonds. The zero-order valence-electron chi connectivity index (χ0n) is 20.2. The van der Waals surface area contributed by atoms with Gasteiger partial charge < -0.3 is 14.2 Å². The standard InChI is InChI=1S/C27H34N4O4/c32-24(30(18-21-6-4-7-21)19-23-10-5-15-35-23)16-27(22-8-2-1-3-9-22)17-25(33)31(26(27)34)14-13-29-12-11-28-20-29/h1-3,8-9,11-12,20-21,23H,4-7,10,13-19H2/t23-,27+/m0/s1. The highest BCUT2D eigenvalue weighted by atomic mass is 16.5. The van der Waals surface area contributed by atoms with Crippen LogP contribution in [0.1, 0.15) is 50.5 Å². The van der Waals surface area contributed by atoms with Crippen molar-refractivity contribution in [3.05, 3.63) is 54.6 Å². The molecule has 8 heteroatoms. The van der Waals surface area contributed by atoms with Crippen molar-refractivity contribution in [1.82, 2.24) is 19.4 Å². The number of imide groups is 1. The number of aromatic nitrogens is 2. The van der Waals surface area contributed by atoms with Gasteiger partial charge in [-0.15, -0.1) is 0 Å². The molecule has 3 fully saturated rings. The molecule has 2 atom stereocenters. The highest BCUT2D eigenvalue weighted by Gasteiger charge is 2.54. The van der Waals surface area contributed by atoms with Gasteiger partial charge in [-0.1, -0.05) is 36.8 Å². The number of hydrogen-bond donors (Lipinski definition) is 0. The minimum atomic E-state index is -1.17. The van der Waals surface area contributed by atoms with Crippen LogP contribution in [0.15, 0.2) is 49.1 Å². The molecule has 8 nitrogen and oxygen atoms in total. The van der Waals surface area contributed by atoms with Gasteiger partial charge in [0.2, 0.25) is 17.7 Å². The maximum atomic E-state index is 13.9. The van der Waals surface area contributed by atoms with Gasteiger partial charge >= 0.3 is 0 Å². The van der Waals surface area contributed by atoms with Crippen molar-refractivity contribution in [3.8, 4) is 0 Å². The van der Waals surface area contributed by atoms with Gasteiger partial charge in [-0.05, 0) is 37.2 Å². The van der Waals surface area contributed by atoms with Gasteiger partial charge in [0.1, 0.15) is 0 Å². The SMILES string of the molecule is O=C(C[C@]1(c2ccccc2)CC(=O)N(CCn2ccnc2)C1=O)N(CC1CCC1)C[C@@H]1CCCO1. The molecule has 1 aromatic carbocycles. The van der Waals surface area contributed by atoms with E-state index >= 15 is 0 Å². The Bertz CT molecular complexity index is 1030. The summed E-state index contributed by atoms with van der Waals surface area (Å²) in [7, 11) is 0. The lowest BCUT2D eigenvalue weighted by molar-refractivity contribution is -0.143. The van der Waals surface area contributed by atoms with E-state index in [4.69, 9.17) is 4.74 Å². The van der Waals surface area contributed by atoms with Gasteiger partial charge in [0, 0.05) is 58.0 Å². The Balaban J connectivity index is 1.38. The first-order valence-electron chi connectivity index (χ1n) is 12.8.